The Morgan fingerprint density at radius 3 is 2.33 bits per heavy atom. The van der Waals surface area contributed by atoms with Crippen LogP contribution in [-0.2, 0) is 0 Å². The largest absolute Gasteiger partial charge is 0.507 e. The molecule has 1 unspecified atom stereocenters. The summed E-state index contributed by atoms with van der Waals surface area (Å²) in [7, 11) is 3.16. The number of aromatic hydroxyl groups is 1. The van der Waals surface area contributed by atoms with E-state index in [2.05, 4.69) is 5.32 Å². The molecule has 2 rings (SSSR count). The molecule has 1 atom stereocenters. The van der Waals surface area contributed by atoms with Gasteiger partial charge < -0.3 is 19.9 Å². The molecule has 0 spiro atoms. The van der Waals surface area contributed by atoms with Crippen LogP contribution in [0.4, 0.5) is 0 Å². The highest BCUT2D eigenvalue weighted by Gasteiger charge is 2.18. The van der Waals surface area contributed by atoms with Crippen LogP contribution in [0.1, 0.15) is 40.0 Å². The van der Waals surface area contributed by atoms with Crippen molar-refractivity contribution in [3.63, 3.8) is 0 Å². The normalized spacial score (nSPS) is 11.7. The van der Waals surface area contributed by atoms with Gasteiger partial charge in [-0.2, -0.15) is 0 Å². The van der Waals surface area contributed by atoms with E-state index in [-0.39, 0.29) is 23.3 Å². The van der Waals surface area contributed by atoms with Gasteiger partial charge in [-0.3, -0.25) is 4.79 Å². The minimum atomic E-state index is -0.321. The summed E-state index contributed by atoms with van der Waals surface area (Å²) in [5, 5.41) is 12.8. The van der Waals surface area contributed by atoms with Gasteiger partial charge in [0, 0.05) is 0 Å². The first-order chi connectivity index (χ1) is 11.4. The zero-order valence-electron chi connectivity index (χ0n) is 14.6. The predicted molar refractivity (Wildman–Crippen MR) is 93.0 cm³/mol. The molecule has 2 aromatic rings. The number of aryl methyl sites for hydroxylation is 2. The highest BCUT2D eigenvalue weighted by Crippen LogP contribution is 2.33. The molecule has 2 N–H and O–H groups in total. The van der Waals surface area contributed by atoms with Crippen molar-refractivity contribution in [2.24, 2.45) is 0 Å². The van der Waals surface area contributed by atoms with E-state index in [4.69, 9.17) is 9.47 Å². The SMILES string of the molecule is COc1cc(C)c(C(C)NC(=O)c2cc(C)ccc2O)cc1OC. The van der Waals surface area contributed by atoms with E-state index in [0.717, 1.165) is 16.7 Å². The fraction of sp³-hybridized carbons (Fsp3) is 0.316. The van der Waals surface area contributed by atoms with Gasteiger partial charge >= 0.3 is 0 Å². The topological polar surface area (TPSA) is 67.8 Å². The zero-order chi connectivity index (χ0) is 17.9. The van der Waals surface area contributed by atoms with Gasteiger partial charge in [0.2, 0.25) is 0 Å². The molecule has 1 amide bonds. The van der Waals surface area contributed by atoms with E-state index >= 15 is 0 Å². The number of phenolic OH excluding ortho intramolecular Hbond substituents is 1. The van der Waals surface area contributed by atoms with Crippen molar-refractivity contribution >= 4 is 5.91 Å². The Bertz CT molecular complexity index is 755. The van der Waals surface area contributed by atoms with Crippen LogP contribution < -0.4 is 14.8 Å². The maximum atomic E-state index is 12.5. The molecule has 0 saturated heterocycles. The fourth-order valence-corrected chi connectivity index (χ4v) is 2.65. The molecule has 0 aliphatic carbocycles. The maximum absolute atomic E-state index is 12.5. The first kappa shape index (κ1) is 17.7. The minimum Gasteiger partial charge on any atom is -0.507 e. The first-order valence-electron chi connectivity index (χ1n) is 7.70. The summed E-state index contributed by atoms with van der Waals surface area (Å²) >= 11 is 0. The Kier molecular flexibility index (Phi) is 5.34. The van der Waals surface area contributed by atoms with Gasteiger partial charge in [-0.05, 0) is 56.2 Å². The lowest BCUT2D eigenvalue weighted by Crippen LogP contribution is -2.27. The molecule has 0 bridgehead atoms. The summed E-state index contributed by atoms with van der Waals surface area (Å²) in [6.07, 6.45) is 0. The van der Waals surface area contributed by atoms with Gasteiger partial charge in [0.25, 0.3) is 5.91 Å². The van der Waals surface area contributed by atoms with Crippen LogP contribution in [0.2, 0.25) is 0 Å². The number of carbonyl (C=O) groups excluding carboxylic acids is 1. The van der Waals surface area contributed by atoms with E-state index in [1.165, 1.54) is 6.07 Å². The van der Waals surface area contributed by atoms with Gasteiger partial charge in [0.15, 0.2) is 11.5 Å². The van der Waals surface area contributed by atoms with Gasteiger partial charge in [-0.1, -0.05) is 11.6 Å². The zero-order valence-corrected chi connectivity index (χ0v) is 14.6. The monoisotopic (exact) mass is 329 g/mol. The molecule has 5 heteroatoms. The van der Waals surface area contributed by atoms with Crippen molar-refractivity contribution < 1.29 is 19.4 Å². The van der Waals surface area contributed by atoms with Gasteiger partial charge in [0.1, 0.15) is 5.75 Å². The van der Waals surface area contributed by atoms with Crippen molar-refractivity contribution in [1.82, 2.24) is 5.32 Å². The van der Waals surface area contributed by atoms with Crippen LogP contribution >= 0.6 is 0 Å². The molecule has 0 fully saturated rings. The molecule has 0 aliphatic heterocycles. The number of nitrogens with one attached hydrogen (secondary N) is 1. The van der Waals surface area contributed by atoms with Crippen LogP contribution in [0.3, 0.4) is 0 Å². The highest BCUT2D eigenvalue weighted by atomic mass is 16.5. The second-order valence-electron chi connectivity index (χ2n) is 5.78. The number of methoxy groups -OCH3 is 2. The molecular formula is C19H23NO4. The lowest BCUT2D eigenvalue weighted by atomic mass is 10.0. The van der Waals surface area contributed by atoms with Crippen LogP contribution in [0.25, 0.3) is 0 Å². The van der Waals surface area contributed by atoms with E-state index in [1.807, 2.05) is 32.9 Å². The third-order valence-corrected chi connectivity index (χ3v) is 3.98. The van der Waals surface area contributed by atoms with Gasteiger partial charge in [-0.15, -0.1) is 0 Å². The van der Waals surface area contributed by atoms with Crippen LogP contribution in [0, 0.1) is 13.8 Å². The third kappa shape index (κ3) is 3.62. The maximum Gasteiger partial charge on any atom is 0.255 e. The Morgan fingerprint density at radius 2 is 1.71 bits per heavy atom. The third-order valence-electron chi connectivity index (χ3n) is 3.98. The Hall–Kier alpha value is -2.69. The molecule has 128 valence electrons. The van der Waals surface area contributed by atoms with E-state index in [9.17, 15) is 9.90 Å². The number of hydrogen-bond donors (Lipinski definition) is 2. The van der Waals surface area contributed by atoms with Crippen molar-refractivity contribution in [3.8, 4) is 17.2 Å². The Labute approximate surface area is 142 Å². The number of rotatable bonds is 5. The van der Waals surface area contributed by atoms with Crippen LogP contribution in [0.15, 0.2) is 30.3 Å². The second kappa shape index (κ2) is 7.25. The summed E-state index contributed by atoms with van der Waals surface area (Å²) in [6, 6.07) is 8.43. The number of benzene rings is 2. The van der Waals surface area contributed by atoms with Crippen LogP contribution in [0.5, 0.6) is 17.2 Å². The van der Waals surface area contributed by atoms with E-state index < -0.39 is 0 Å². The van der Waals surface area contributed by atoms with Crippen molar-refractivity contribution in [1.29, 1.82) is 0 Å². The van der Waals surface area contributed by atoms with E-state index in [0.29, 0.717) is 11.5 Å². The summed E-state index contributed by atoms with van der Waals surface area (Å²) < 4.78 is 10.6. The van der Waals surface area contributed by atoms with Gasteiger partial charge in [0.05, 0.1) is 25.8 Å². The molecule has 0 radical (unpaired) electrons. The summed E-state index contributed by atoms with van der Waals surface area (Å²) in [5.74, 6) is 0.901. The smallest absolute Gasteiger partial charge is 0.255 e. The predicted octanol–water partition coefficient (Wildman–Crippen LogP) is 3.52. The van der Waals surface area contributed by atoms with E-state index in [1.54, 1.807) is 26.4 Å². The van der Waals surface area contributed by atoms with Crippen molar-refractivity contribution in [3.05, 3.63) is 52.6 Å². The Balaban J connectivity index is 2.27. The molecule has 0 aromatic heterocycles. The lowest BCUT2D eigenvalue weighted by Gasteiger charge is -2.19. The second-order valence-corrected chi connectivity index (χ2v) is 5.78. The Morgan fingerprint density at radius 1 is 1.08 bits per heavy atom. The standard InChI is InChI=1S/C19H23NO4/c1-11-6-7-16(21)15(8-11)19(22)20-13(3)14-10-18(24-5)17(23-4)9-12(14)2/h6-10,13,21H,1-5H3,(H,20,22). The van der Waals surface area contributed by atoms with Gasteiger partial charge in [-0.25, -0.2) is 0 Å². The molecule has 0 heterocycles. The number of hydrogen-bond acceptors (Lipinski definition) is 4. The molecule has 2 aromatic carbocycles. The molecule has 24 heavy (non-hydrogen) atoms. The van der Waals surface area contributed by atoms with Crippen molar-refractivity contribution in [2.45, 2.75) is 26.8 Å². The number of carbonyl (C=O) groups is 1. The quantitative estimate of drug-likeness (QED) is 0.881. The van der Waals surface area contributed by atoms with Crippen LogP contribution in [-0.4, -0.2) is 25.2 Å². The molecule has 5 nitrogen and oxygen atoms in total. The molecule has 0 saturated carbocycles. The lowest BCUT2D eigenvalue weighted by molar-refractivity contribution is 0.0937. The van der Waals surface area contributed by atoms with Crippen molar-refractivity contribution in [2.75, 3.05) is 14.2 Å². The number of phenols is 1. The fourth-order valence-electron chi connectivity index (χ4n) is 2.65. The average molecular weight is 329 g/mol. The highest BCUT2D eigenvalue weighted by molar-refractivity contribution is 5.97. The summed E-state index contributed by atoms with van der Waals surface area (Å²) in [4.78, 5) is 12.5. The number of ether oxygens (including phenoxy) is 2. The summed E-state index contributed by atoms with van der Waals surface area (Å²) in [5.41, 5.74) is 3.08. The molecule has 0 aliphatic rings. The number of amides is 1. The first-order valence-corrected chi connectivity index (χ1v) is 7.70. The molecular weight excluding hydrogens is 306 g/mol. The summed E-state index contributed by atoms with van der Waals surface area (Å²) in [6.45, 7) is 5.71. The minimum absolute atomic E-state index is 0.0330. The average Bonchev–Trinajstić information content (AvgIpc) is 2.56.